The first-order valence-electron chi connectivity index (χ1n) is 7.96. The predicted molar refractivity (Wildman–Crippen MR) is 79.0 cm³/mol. The minimum atomic E-state index is -0.423. The zero-order chi connectivity index (χ0) is 14.9. The third kappa shape index (κ3) is 3.33. The molecule has 0 aliphatic heterocycles. The van der Waals surface area contributed by atoms with Gasteiger partial charge in [-0.1, -0.05) is 20.3 Å². The van der Waals surface area contributed by atoms with Gasteiger partial charge in [0, 0.05) is 13.0 Å². The molecule has 0 radical (unpaired) electrons. The number of fused-ring (bicyclic) bond motifs is 2. The molecule has 5 unspecified atom stereocenters. The number of nitrogens with one attached hydrogen (secondary N) is 2. The Morgan fingerprint density at radius 2 is 1.75 bits per heavy atom. The van der Waals surface area contributed by atoms with Crippen molar-refractivity contribution in [1.29, 1.82) is 0 Å². The van der Waals surface area contributed by atoms with Gasteiger partial charge in [0.05, 0.1) is 0 Å². The van der Waals surface area contributed by atoms with E-state index < -0.39 is 6.04 Å². The molecule has 2 aliphatic carbocycles. The van der Waals surface area contributed by atoms with Crippen LogP contribution in [0.5, 0.6) is 0 Å². The van der Waals surface area contributed by atoms with E-state index in [2.05, 4.69) is 17.6 Å². The van der Waals surface area contributed by atoms with Crippen molar-refractivity contribution < 1.29 is 9.59 Å². The standard InChI is InChI=1S/C16H28N2O2/c1-9(2)15(18-11(4)19)16(20)17-10(3)14-8-12-5-6-13(14)7-12/h9-10,12-15H,5-8H2,1-4H3,(H,17,20)(H,18,19). The van der Waals surface area contributed by atoms with Crippen molar-refractivity contribution in [2.75, 3.05) is 0 Å². The maximum atomic E-state index is 12.4. The van der Waals surface area contributed by atoms with Crippen molar-refractivity contribution in [3.63, 3.8) is 0 Å². The van der Waals surface area contributed by atoms with Crippen LogP contribution in [0.15, 0.2) is 0 Å². The Kier molecular flexibility index (Phi) is 4.71. The number of amides is 2. The minimum absolute atomic E-state index is 0.0366. The summed E-state index contributed by atoms with van der Waals surface area (Å²) in [6, 6.07) is -0.207. The number of hydrogen-bond donors (Lipinski definition) is 2. The molecule has 2 aliphatic rings. The molecular formula is C16H28N2O2. The number of carbonyl (C=O) groups excluding carboxylic acids is 2. The minimum Gasteiger partial charge on any atom is -0.352 e. The molecule has 114 valence electrons. The fourth-order valence-corrected chi connectivity index (χ4v) is 4.08. The highest BCUT2D eigenvalue weighted by atomic mass is 16.2. The fourth-order valence-electron chi connectivity index (χ4n) is 4.08. The molecule has 0 aromatic rings. The van der Waals surface area contributed by atoms with Crippen LogP contribution in [0.3, 0.4) is 0 Å². The second kappa shape index (κ2) is 6.15. The predicted octanol–water partition coefficient (Wildman–Crippen LogP) is 2.09. The largest absolute Gasteiger partial charge is 0.352 e. The summed E-state index contributed by atoms with van der Waals surface area (Å²) in [5.41, 5.74) is 0. The van der Waals surface area contributed by atoms with Gasteiger partial charge in [-0.3, -0.25) is 9.59 Å². The Hall–Kier alpha value is -1.06. The second-order valence-electron chi connectivity index (χ2n) is 7.06. The molecule has 5 atom stereocenters. The van der Waals surface area contributed by atoms with E-state index in [-0.39, 0.29) is 23.8 Å². The number of carbonyl (C=O) groups is 2. The average Bonchev–Trinajstić information content (AvgIpc) is 2.97. The van der Waals surface area contributed by atoms with Gasteiger partial charge in [-0.05, 0) is 49.9 Å². The Balaban J connectivity index is 1.90. The van der Waals surface area contributed by atoms with Crippen LogP contribution in [-0.2, 0) is 9.59 Å². The highest BCUT2D eigenvalue weighted by Crippen LogP contribution is 2.49. The first-order valence-corrected chi connectivity index (χ1v) is 7.96. The normalized spacial score (nSPS) is 31.1. The Morgan fingerprint density at radius 1 is 1.05 bits per heavy atom. The third-order valence-corrected chi connectivity index (χ3v) is 5.11. The van der Waals surface area contributed by atoms with E-state index in [1.54, 1.807) is 0 Å². The molecule has 2 rings (SSSR count). The molecule has 2 amide bonds. The first-order chi connectivity index (χ1) is 9.38. The summed E-state index contributed by atoms with van der Waals surface area (Å²) in [5.74, 6) is 2.24. The van der Waals surface area contributed by atoms with Crippen LogP contribution in [0.25, 0.3) is 0 Å². The SMILES string of the molecule is CC(=O)NC(C(=O)NC(C)C1CC2CCC1C2)C(C)C. The van der Waals surface area contributed by atoms with Crippen LogP contribution in [-0.4, -0.2) is 23.9 Å². The molecule has 0 aromatic carbocycles. The third-order valence-electron chi connectivity index (χ3n) is 5.11. The van der Waals surface area contributed by atoms with Gasteiger partial charge in [0.25, 0.3) is 0 Å². The van der Waals surface area contributed by atoms with E-state index in [1.807, 2.05) is 13.8 Å². The zero-order valence-electron chi connectivity index (χ0n) is 13.1. The van der Waals surface area contributed by atoms with E-state index in [0.29, 0.717) is 5.92 Å². The van der Waals surface area contributed by atoms with E-state index in [4.69, 9.17) is 0 Å². The summed E-state index contributed by atoms with van der Waals surface area (Å²) in [6.45, 7) is 7.50. The first kappa shape index (κ1) is 15.3. The van der Waals surface area contributed by atoms with Gasteiger partial charge < -0.3 is 10.6 Å². The van der Waals surface area contributed by atoms with Crippen molar-refractivity contribution in [3.05, 3.63) is 0 Å². The Bertz CT molecular complexity index is 381. The summed E-state index contributed by atoms with van der Waals surface area (Å²) >= 11 is 0. The molecule has 2 saturated carbocycles. The van der Waals surface area contributed by atoms with Crippen molar-refractivity contribution in [3.8, 4) is 0 Å². The Labute approximate surface area is 122 Å². The molecule has 0 saturated heterocycles. The van der Waals surface area contributed by atoms with E-state index in [0.717, 1.165) is 11.8 Å². The molecule has 2 bridgehead atoms. The topological polar surface area (TPSA) is 58.2 Å². The fraction of sp³-hybridized carbons (Fsp3) is 0.875. The molecule has 0 aromatic heterocycles. The van der Waals surface area contributed by atoms with E-state index >= 15 is 0 Å². The van der Waals surface area contributed by atoms with Gasteiger partial charge in [0.15, 0.2) is 0 Å². The second-order valence-corrected chi connectivity index (χ2v) is 7.06. The van der Waals surface area contributed by atoms with Crippen molar-refractivity contribution in [2.24, 2.45) is 23.7 Å². The van der Waals surface area contributed by atoms with Gasteiger partial charge in [-0.25, -0.2) is 0 Å². The zero-order valence-corrected chi connectivity index (χ0v) is 13.1. The Morgan fingerprint density at radius 3 is 2.20 bits per heavy atom. The van der Waals surface area contributed by atoms with E-state index in [9.17, 15) is 9.59 Å². The summed E-state index contributed by atoms with van der Waals surface area (Å²) in [6.07, 6.45) is 5.32. The lowest BCUT2D eigenvalue weighted by atomic mass is 9.84. The van der Waals surface area contributed by atoms with Crippen molar-refractivity contribution in [2.45, 2.75) is 65.5 Å². The van der Waals surface area contributed by atoms with Gasteiger partial charge in [0.2, 0.25) is 11.8 Å². The number of hydrogen-bond acceptors (Lipinski definition) is 2. The van der Waals surface area contributed by atoms with Crippen molar-refractivity contribution in [1.82, 2.24) is 10.6 Å². The molecule has 0 spiro atoms. The molecule has 2 fully saturated rings. The number of rotatable bonds is 5. The monoisotopic (exact) mass is 280 g/mol. The molecule has 4 nitrogen and oxygen atoms in total. The van der Waals surface area contributed by atoms with Crippen LogP contribution in [0, 0.1) is 23.7 Å². The summed E-state index contributed by atoms with van der Waals surface area (Å²) in [4.78, 5) is 23.6. The maximum Gasteiger partial charge on any atom is 0.243 e. The van der Waals surface area contributed by atoms with Crippen LogP contribution in [0.4, 0.5) is 0 Å². The lowest BCUT2D eigenvalue weighted by Crippen LogP contribution is -2.52. The molecule has 2 N–H and O–H groups in total. The van der Waals surface area contributed by atoms with Gasteiger partial charge in [0.1, 0.15) is 6.04 Å². The lowest BCUT2D eigenvalue weighted by molar-refractivity contribution is -0.129. The van der Waals surface area contributed by atoms with Gasteiger partial charge in [-0.2, -0.15) is 0 Å². The summed E-state index contributed by atoms with van der Waals surface area (Å²) < 4.78 is 0. The molecule has 4 heteroatoms. The van der Waals surface area contributed by atoms with Crippen LogP contribution in [0.1, 0.15) is 53.4 Å². The van der Waals surface area contributed by atoms with Gasteiger partial charge in [-0.15, -0.1) is 0 Å². The molecule has 0 heterocycles. The van der Waals surface area contributed by atoms with Gasteiger partial charge >= 0.3 is 0 Å². The van der Waals surface area contributed by atoms with Crippen molar-refractivity contribution >= 4 is 11.8 Å². The van der Waals surface area contributed by atoms with E-state index in [1.165, 1.54) is 32.6 Å². The smallest absolute Gasteiger partial charge is 0.243 e. The highest BCUT2D eigenvalue weighted by Gasteiger charge is 2.42. The maximum absolute atomic E-state index is 12.4. The average molecular weight is 280 g/mol. The lowest BCUT2D eigenvalue weighted by Gasteiger charge is -2.30. The summed E-state index contributed by atoms with van der Waals surface area (Å²) in [7, 11) is 0. The van der Waals surface area contributed by atoms with Crippen LogP contribution < -0.4 is 10.6 Å². The molecule has 20 heavy (non-hydrogen) atoms. The quantitative estimate of drug-likeness (QED) is 0.810. The highest BCUT2D eigenvalue weighted by molar-refractivity contribution is 5.87. The summed E-state index contributed by atoms with van der Waals surface area (Å²) in [5, 5.41) is 5.90. The van der Waals surface area contributed by atoms with Crippen LogP contribution >= 0.6 is 0 Å². The molecular weight excluding hydrogens is 252 g/mol. The van der Waals surface area contributed by atoms with Crippen LogP contribution in [0.2, 0.25) is 0 Å².